The Morgan fingerprint density at radius 2 is 1.95 bits per heavy atom. The highest BCUT2D eigenvalue weighted by atomic mass is 19.4. The first-order chi connectivity index (χ1) is 9.30. The smallest absolute Gasteiger partial charge is 0.381 e. The Morgan fingerprint density at radius 3 is 2.50 bits per heavy atom. The maximum absolute atomic E-state index is 12.8. The molecule has 0 spiro atoms. The van der Waals surface area contributed by atoms with Crippen molar-refractivity contribution in [1.82, 2.24) is 14.8 Å². The van der Waals surface area contributed by atoms with Gasteiger partial charge in [-0.2, -0.15) is 13.2 Å². The lowest BCUT2D eigenvalue weighted by Gasteiger charge is -2.13. The lowest BCUT2D eigenvalue weighted by atomic mass is 10.1. The van der Waals surface area contributed by atoms with Crippen molar-refractivity contribution in [1.29, 1.82) is 5.41 Å². The predicted molar refractivity (Wildman–Crippen MR) is 66.7 cm³/mol. The van der Waals surface area contributed by atoms with Crippen LogP contribution in [0, 0.1) is 5.41 Å². The molecular weight excluding hydrogens is 273 g/mol. The molecule has 0 unspecified atom stereocenters. The largest absolute Gasteiger partial charge is 0.418 e. The summed E-state index contributed by atoms with van der Waals surface area (Å²) in [6.45, 7) is 0. The average molecular weight is 284 g/mol. The molecule has 9 heteroatoms. The molecule has 106 valence electrons. The van der Waals surface area contributed by atoms with Crippen molar-refractivity contribution in [3.8, 4) is 0 Å². The first kappa shape index (κ1) is 13.8. The minimum absolute atomic E-state index is 0.0619. The SMILES string of the molecule is Cn1c(Nc2ccccc2C(F)(F)F)nnc1C(=N)N. The summed E-state index contributed by atoms with van der Waals surface area (Å²) in [5.41, 5.74) is 4.31. The van der Waals surface area contributed by atoms with Crippen LogP contribution in [-0.4, -0.2) is 20.6 Å². The molecule has 0 amide bonds. The van der Waals surface area contributed by atoms with Crippen molar-refractivity contribution in [2.45, 2.75) is 6.18 Å². The number of halogens is 3. The van der Waals surface area contributed by atoms with E-state index in [4.69, 9.17) is 11.1 Å². The number of nitrogens with one attached hydrogen (secondary N) is 2. The number of anilines is 2. The maximum atomic E-state index is 12.8. The molecule has 0 aliphatic rings. The highest BCUT2D eigenvalue weighted by Crippen LogP contribution is 2.35. The van der Waals surface area contributed by atoms with Crippen LogP contribution in [-0.2, 0) is 13.2 Å². The molecular formula is C11H11F3N6. The highest BCUT2D eigenvalue weighted by molar-refractivity contribution is 5.91. The first-order valence-electron chi connectivity index (χ1n) is 5.47. The average Bonchev–Trinajstić information content (AvgIpc) is 2.70. The second-order valence-electron chi connectivity index (χ2n) is 3.99. The molecule has 20 heavy (non-hydrogen) atoms. The molecule has 0 radical (unpaired) electrons. The van der Waals surface area contributed by atoms with Gasteiger partial charge in [0.2, 0.25) is 5.95 Å². The second-order valence-corrected chi connectivity index (χ2v) is 3.99. The number of benzene rings is 1. The molecule has 2 rings (SSSR count). The standard InChI is InChI=1S/C11H11F3N6/c1-20-9(8(15)16)18-19-10(20)17-7-5-3-2-4-6(7)11(12,13)14/h2-5H,1H3,(H3,15,16)(H,17,19). The number of alkyl halides is 3. The maximum Gasteiger partial charge on any atom is 0.418 e. The van der Waals surface area contributed by atoms with E-state index in [2.05, 4.69) is 15.5 Å². The minimum Gasteiger partial charge on any atom is -0.381 e. The van der Waals surface area contributed by atoms with Crippen LogP contribution >= 0.6 is 0 Å². The number of nitrogen functional groups attached to an aromatic ring is 1. The monoisotopic (exact) mass is 284 g/mol. The number of para-hydroxylation sites is 1. The topological polar surface area (TPSA) is 92.6 Å². The Balaban J connectivity index is 2.39. The summed E-state index contributed by atoms with van der Waals surface area (Å²) < 4.78 is 39.8. The van der Waals surface area contributed by atoms with E-state index in [0.29, 0.717) is 0 Å². The summed E-state index contributed by atoms with van der Waals surface area (Å²) in [5.74, 6) is -0.193. The third-order valence-electron chi connectivity index (χ3n) is 2.59. The molecule has 0 atom stereocenters. The second kappa shape index (κ2) is 4.83. The van der Waals surface area contributed by atoms with Crippen LogP contribution in [0.3, 0.4) is 0 Å². The molecule has 0 aliphatic heterocycles. The number of nitrogens with zero attached hydrogens (tertiary/aromatic N) is 3. The summed E-state index contributed by atoms with van der Waals surface area (Å²) in [5, 5.41) is 17.1. The van der Waals surface area contributed by atoms with Crippen LogP contribution in [0.1, 0.15) is 11.4 Å². The Morgan fingerprint density at radius 1 is 1.30 bits per heavy atom. The number of amidine groups is 1. The Bertz CT molecular complexity index is 646. The van der Waals surface area contributed by atoms with E-state index in [1.165, 1.54) is 29.8 Å². The van der Waals surface area contributed by atoms with Crippen molar-refractivity contribution >= 4 is 17.5 Å². The van der Waals surface area contributed by atoms with Crippen molar-refractivity contribution < 1.29 is 13.2 Å². The first-order valence-corrected chi connectivity index (χ1v) is 5.47. The molecule has 1 aromatic heterocycles. The van der Waals surface area contributed by atoms with Crippen molar-refractivity contribution in [2.24, 2.45) is 12.8 Å². The van der Waals surface area contributed by atoms with E-state index < -0.39 is 11.7 Å². The van der Waals surface area contributed by atoms with Crippen LogP contribution in [0.4, 0.5) is 24.8 Å². The van der Waals surface area contributed by atoms with Crippen LogP contribution in [0.25, 0.3) is 0 Å². The zero-order valence-corrected chi connectivity index (χ0v) is 10.4. The molecule has 0 saturated carbocycles. The molecule has 4 N–H and O–H groups in total. The summed E-state index contributed by atoms with van der Waals surface area (Å²) >= 11 is 0. The fourth-order valence-corrected chi connectivity index (χ4v) is 1.63. The summed E-state index contributed by atoms with van der Waals surface area (Å²) in [4.78, 5) is 0. The molecule has 0 fully saturated rings. The van der Waals surface area contributed by atoms with Gasteiger partial charge in [-0.3, -0.25) is 9.98 Å². The fraction of sp³-hybridized carbons (Fsp3) is 0.182. The van der Waals surface area contributed by atoms with Crippen LogP contribution in [0.2, 0.25) is 0 Å². The minimum atomic E-state index is -4.48. The van der Waals surface area contributed by atoms with Gasteiger partial charge in [-0.05, 0) is 12.1 Å². The molecule has 6 nitrogen and oxygen atoms in total. The molecule has 0 bridgehead atoms. The molecule has 0 aliphatic carbocycles. The summed E-state index contributed by atoms with van der Waals surface area (Å²) in [6, 6.07) is 5.01. The Kier molecular flexibility index (Phi) is 3.35. The van der Waals surface area contributed by atoms with E-state index in [0.717, 1.165) is 6.07 Å². The van der Waals surface area contributed by atoms with Gasteiger partial charge in [-0.1, -0.05) is 12.1 Å². The number of rotatable bonds is 3. The number of nitrogens with two attached hydrogens (primary N) is 1. The van der Waals surface area contributed by atoms with Gasteiger partial charge in [0.05, 0.1) is 11.3 Å². The van der Waals surface area contributed by atoms with Gasteiger partial charge in [-0.15, -0.1) is 10.2 Å². The van der Waals surface area contributed by atoms with Crippen LogP contribution < -0.4 is 11.1 Å². The Hall–Kier alpha value is -2.58. The van der Waals surface area contributed by atoms with Gasteiger partial charge in [0.1, 0.15) is 0 Å². The van der Waals surface area contributed by atoms with Gasteiger partial charge in [0, 0.05) is 7.05 Å². The fourth-order valence-electron chi connectivity index (χ4n) is 1.63. The van der Waals surface area contributed by atoms with Crippen LogP contribution in [0.5, 0.6) is 0 Å². The quantitative estimate of drug-likeness (QED) is 0.592. The third-order valence-corrected chi connectivity index (χ3v) is 2.59. The summed E-state index contributed by atoms with van der Waals surface area (Å²) in [7, 11) is 1.50. The van der Waals surface area contributed by atoms with E-state index in [9.17, 15) is 13.2 Å². The van der Waals surface area contributed by atoms with Crippen molar-refractivity contribution in [2.75, 3.05) is 5.32 Å². The molecule has 2 aromatic rings. The number of hydrogen-bond donors (Lipinski definition) is 3. The molecule has 1 heterocycles. The van der Waals surface area contributed by atoms with E-state index in [1.54, 1.807) is 0 Å². The van der Waals surface area contributed by atoms with Gasteiger partial charge in [0.15, 0.2) is 11.7 Å². The zero-order valence-electron chi connectivity index (χ0n) is 10.4. The van der Waals surface area contributed by atoms with E-state index in [1.807, 2.05) is 0 Å². The van der Waals surface area contributed by atoms with Crippen molar-refractivity contribution in [3.63, 3.8) is 0 Å². The zero-order chi connectivity index (χ0) is 14.9. The van der Waals surface area contributed by atoms with Crippen molar-refractivity contribution in [3.05, 3.63) is 35.7 Å². The third kappa shape index (κ3) is 2.56. The van der Waals surface area contributed by atoms with E-state index in [-0.39, 0.29) is 23.3 Å². The lowest BCUT2D eigenvalue weighted by Crippen LogP contribution is -2.17. The van der Waals surface area contributed by atoms with Gasteiger partial charge >= 0.3 is 6.18 Å². The van der Waals surface area contributed by atoms with E-state index >= 15 is 0 Å². The Labute approximate surface area is 111 Å². The number of hydrogen-bond acceptors (Lipinski definition) is 4. The normalized spacial score (nSPS) is 11.4. The number of aromatic nitrogens is 3. The molecule has 0 saturated heterocycles. The summed E-state index contributed by atoms with van der Waals surface area (Å²) in [6.07, 6.45) is -4.48. The predicted octanol–water partition coefficient (Wildman–Crippen LogP) is 1.86. The van der Waals surface area contributed by atoms with Gasteiger partial charge < -0.3 is 11.1 Å². The highest BCUT2D eigenvalue weighted by Gasteiger charge is 2.33. The van der Waals surface area contributed by atoms with Gasteiger partial charge in [0.25, 0.3) is 0 Å². The van der Waals surface area contributed by atoms with Crippen LogP contribution in [0.15, 0.2) is 24.3 Å². The molecule has 1 aromatic carbocycles. The van der Waals surface area contributed by atoms with Gasteiger partial charge in [-0.25, -0.2) is 0 Å². The lowest BCUT2D eigenvalue weighted by molar-refractivity contribution is -0.136.